The SMILES string of the molecule is CC(C)=CC1C(C(=O)NCC(=O)Nc2ccc3[nH]c(=O)[nH]c3c2)C1(C)C. The molecule has 2 amide bonds. The van der Waals surface area contributed by atoms with Crippen molar-refractivity contribution >= 4 is 28.5 Å². The molecule has 7 nitrogen and oxygen atoms in total. The molecule has 0 bridgehead atoms. The molecule has 1 heterocycles. The lowest BCUT2D eigenvalue weighted by Gasteiger charge is -2.08. The molecule has 2 atom stereocenters. The highest BCUT2D eigenvalue weighted by molar-refractivity contribution is 5.96. The van der Waals surface area contributed by atoms with E-state index in [-0.39, 0.29) is 41.3 Å². The van der Waals surface area contributed by atoms with Crippen LogP contribution in [-0.2, 0) is 9.59 Å². The van der Waals surface area contributed by atoms with Crippen molar-refractivity contribution in [1.29, 1.82) is 0 Å². The molecule has 4 N–H and O–H groups in total. The third-order valence-electron chi connectivity index (χ3n) is 4.93. The average Bonchev–Trinajstić information content (AvgIpc) is 2.87. The topological polar surface area (TPSA) is 107 Å². The maximum Gasteiger partial charge on any atom is 0.323 e. The van der Waals surface area contributed by atoms with Crippen molar-refractivity contribution in [2.75, 3.05) is 11.9 Å². The number of fused-ring (bicyclic) bond motifs is 1. The van der Waals surface area contributed by atoms with Gasteiger partial charge in [-0.15, -0.1) is 0 Å². The van der Waals surface area contributed by atoms with Crippen LogP contribution in [0.1, 0.15) is 27.7 Å². The van der Waals surface area contributed by atoms with Gasteiger partial charge < -0.3 is 20.6 Å². The number of imidazole rings is 1. The van der Waals surface area contributed by atoms with Crippen molar-refractivity contribution in [3.05, 3.63) is 40.3 Å². The van der Waals surface area contributed by atoms with Gasteiger partial charge in [0, 0.05) is 5.69 Å². The molecule has 1 fully saturated rings. The third-order valence-corrected chi connectivity index (χ3v) is 4.93. The monoisotopic (exact) mass is 356 g/mol. The van der Waals surface area contributed by atoms with E-state index in [2.05, 4.69) is 40.5 Å². The Morgan fingerprint density at radius 1 is 1.19 bits per heavy atom. The first kappa shape index (κ1) is 18.0. The van der Waals surface area contributed by atoms with Gasteiger partial charge in [-0.3, -0.25) is 9.59 Å². The molecule has 3 rings (SSSR count). The van der Waals surface area contributed by atoms with Gasteiger partial charge in [-0.2, -0.15) is 0 Å². The summed E-state index contributed by atoms with van der Waals surface area (Å²) < 4.78 is 0. The Bertz CT molecular complexity index is 947. The Labute approximate surface area is 151 Å². The summed E-state index contributed by atoms with van der Waals surface area (Å²) in [5.74, 6) is -0.305. The van der Waals surface area contributed by atoms with E-state index in [0.717, 1.165) is 0 Å². The number of H-pyrrole nitrogens is 2. The number of hydrogen-bond donors (Lipinski definition) is 4. The molecule has 138 valence electrons. The van der Waals surface area contributed by atoms with Gasteiger partial charge in [0.2, 0.25) is 11.8 Å². The standard InChI is InChI=1S/C19H24N4O3/c1-10(2)7-12-16(19(12,3)4)17(25)20-9-15(24)21-11-5-6-13-14(8-11)23-18(26)22-13/h5-8,12,16H,9H2,1-4H3,(H,20,25)(H,21,24)(H2,22,23,26). The highest BCUT2D eigenvalue weighted by Gasteiger charge is 2.60. The van der Waals surface area contributed by atoms with Crippen LogP contribution in [0.25, 0.3) is 11.0 Å². The summed E-state index contributed by atoms with van der Waals surface area (Å²) in [6, 6.07) is 5.07. The van der Waals surface area contributed by atoms with E-state index in [1.54, 1.807) is 18.2 Å². The number of amides is 2. The van der Waals surface area contributed by atoms with Crippen LogP contribution in [0, 0.1) is 17.3 Å². The molecule has 1 aromatic heterocycles. The van der Waals surface area contributed by atoms with Crippen molar-refractivity contribution in [3.8, 4) is 0 Å². The number of benzene rings is 1. The minimum atomic E-state index is -0.312. The van der Waals surface area contributed by atoms with Crippen molar-refractivity contribution < 1.29 is 9.59 Å². The number of aromatic amines is 2. The number of rotatable bonds is 5. The maximum absolute atomic E-state index is 12.4. The Hall–Kier alpha value is -2.83. The highest BCUT2D eigenvalue weighted by Crippen LogP contribution is 2.59. The Morgan fingerprint density at radius 2 is 1.88 bits per heavy atom. The summed E-state index contributed by atoms with van der Waals surface area (Å²) in [4.78, 5) is 41.0. The number of carbonyl (C=O) groups is 2. The average molecular weight is 356 g/mol. The lowest BCUT2D eigenvalue weighted by atomic mass is 10.1. The van der Waals surface area contributed by atoms with E-state index in [1.165, 1.54) is 5.57 Å². The minimum absolute atomic E-state index is 0.0803. The molecule has 2 unspecified atom stereocenters. The molecule has 1 aromatic carbocycles. The normalized spacial score (nSPS) is 20.5. The third kappa shape index (κ3) is 3.56. The van der Waals surface area contributed by atoms with Crippen LogP contribution in [-0.4, -0.2) is 28.3 Å². The number of anilines is 1. The van der Waals surface area contributed by atoms with Crippen LogP contribution >= 0.6 is 0 Å². The van der Waals surface area contributed by atoms with Gasteiger partial charge in [0.15, 0.2) is 0 Å². The summed E-state index contributed by atoms with van der Waals surface area (Å²) in [6.45, 7) is 8.08. The molecule has 1 saturated carbocycles. The fourth-order valence-electron chi connectivity index (χ4n) is 3.44. The summed E-state index contributed by atoms with van der Waals surface area (Å²) in [7, 11) is 0. The predicted octanol–water partition coefficient (Wildman–Crippen LogP) is 2.15. The van der Waals surface area contributed by atoms with Crippen molar-refractivity contribution in [3.63, 3.8) is 0 Å². The fourth-order valence-corrected chi connectivity index (χ4v) is 3.44. The first-order chi connectivity index (χ1) is 12.2. The number of allylic oxidation sites excluding steroid dienone is 2. The Kier molecular flexibility index (Phi) is 4.48. The zero-order valence-corrected chi connectivity index (χ0v) is 15.4. The number of nitrogens with one attached hydrogen (secondary N) is 4. The lowest BCUT2D eigenvalue weighted by Crippen LogP contribution is -2.34. The van der Waals surface area contributed by atoms with Crippen LogP contribution in [0.15, 0.2) is 34.6 Å². The van der Waals surface area contributed by atoms with E-state index < -0.39 is 0 Å². The van der Waals surface area contributed by atoms with Crippen LogP contribution in [0.2, 0.25) is 0 Å². The second-order valence-electron chi connectivity index (χ2n) is 7.67. The molecule has 0 saturated heterocycles. The van der Waals surface area contributed by atoms with E-state index in [0.29, 0.717) is 16.7 Å². The zero-order valence-electron chi connectivity index (χ0n) is 15.4. The summed E-state index contributed by atoms with van der Waals surface area (Å²) in [5.41, 5.74) is 2.65. The second-order valence-corrected chi connectivity index (χ2v) is 7.67. The van der Waals surface area contributed by atoms with Crippen LogP contribution < -0.4 is 16.3 Å². The fraction of sp³-hybridized carbons (Fsp3) is 0.421. The zero-order chi connectivity index (χ0) is 19.1. The second kappa shape index (κ2) is 6.48. The molecule has 26 heavy (non-hydrogen) atoms. The summed E-state index contributed by atoms with van der Waals surface area (Å²) >= 11 is 0. The van der Waals surface area contributed by atoms with E-state index >= 15 is 0 Å². The smallest absolute Gasteiger partial charge is 0.323 e. The summed E-state index contributed by atoms with van der Waals surface area (Å²) in [5, 5.41) is 5.44. The first-order valence-corrected chi connectivity index (χ1v) is 8.63. The predicted molar refractivity (Wildman–Crippen MR) is 101 cm³/mol. The van der Waals surface area contributed by atoms with Gasteiger partial charge in [0.05, 0.1) is 23.5 Å². The van der Waals surface area contributed by atoms with Gasteiger partial charge >= 0.3 is 5.69 Å². The largest absolute Gasteiger partial charge is 0.347 e. The van der Waals surface area contributed by atoms with Crippen LogP contribution in [0.4, 0.5) is 5.69 Å². The van der Waals surface area contributed by atoms with Crippen LogP contribution in [0.3, 0.4) is 0 Å². The summed E-state index contributed by atoms with van der Waals surface area (Å²) in [6.07, 6.45) is 2.12. The number of aromatic nitrogens is 2. The molecule has 1 aliphatic carbocycles. The molecule has 1 aliphatic rings. The highest BCUT2D eigenvalue weighted by atomic mass is 16.2. The molecule has 0 radical (unpaired) electrons. The molecular formula is C19H24N4O3. The van der Waals surface area contributed by atoms with E-state index in [4.69, 9.17) is 0 Å². The van der Waals surface area contributed by atoms with Gasteiger partial charge in [0.25, 0.3) is 0 Å². The quantitative estimate of drug-likeness (QED) is 0.617. The first-order valence-electron chi connectivity index (χ1n) is 8.63. The Morgan fingerprint density at radius 3 is 2.58 bits per heavy atom. The maximum atomic E-state index is 12.4. The molecule has 2 aromatic rings. The van der Waals surface area contributed by atoms with Gasteiger partial charge in [-0.05, 0) is 43.4 Å². The molecule has 0 aliphatic heterocycles. The molecular weight excluding hydrogens is 332 g/mol. The molecule has 0 spiro atoms. The lowest BCUT2D eigenvalue weighted by molar-refractivity contribution is -0.125. The van der Waals surface area contributed by atoms with Crippen molar-refractivity contribution in [1.82, 2.24) is 15.3 Å². The number of hydrogen-bond acceptors (Lipinski definition) is 3. The van der Waals surface area contributed by atoms with Crippen LogP contribution in [0.5, 0.6) is 0 Å². The van der Waals surface area contributed by atoms with Crippen molar-refractivity contribution in [2.45, 2.75) is 27.7 Å². The van der Waals surface area contributed by atoms with E-state index in [9.17, 15) is 14.4 Å². The van der Waals surface area contributed by atoms with Gasteiger partial charge in [-0.25, -0.2) is 4.79 Å². The minimum Gasteiger partial charge on any atom is -0.347 e. The number of carbonyl (C=O) groups excluding carboxylic acids is 2. The van der Waals surface area contributed by atoms with Crippen molar-refractivity contribution in [2.24, 2.45) is 17.3 Å². The Balaban J connectivity index is 1.56. The molecule has 7 heteroatoms. The van der Waals surface area contributed by atoms with Gasteiger partial charge in [-0.1, -0.05) is 25.5 Å². The van der Waals surface area contributed by atoms with Gasteiger partial charge in [0.1, 0.15) is 0 Å². The van der Waals surface area contributed by atoms with E-state index in [1.807, 2.05) is 13.8 Å².